The number of allylic oxidation sites excluding steroid dienone is 1. The van der Waals surface area contributed by atoms with Crippen LogP contribution in [-0.2, 0) is 4.74 Å². The molecule has 1 nitrogen and oxygen atoms in total. The first kappa shape index (κ1) is 10.5. The van der Waals surface area contributed by atoms with Crippen molar-refractivity contribution in [2.45, 2.75) is 34.6 Å². The van der Waals surface area contributed by atoms with E-state index in [1.54, 1.807) is 0 Å². The highest BCUT2D eigenvalue weighted by Gasteiger charge is 2.23. The predicted molar refractivity (Wildman–Crippen MR) is 49.4 cm³/mol. The molecule has 0 aromatic heterocycles. The monoisotopic (exact) mass is 156 g/mol. The van der Waals surface area contributed by atoms with Crippen molar-refractivity contribution in [3.63, 3.8) is 0 Å². The number of hydrogen-bond acceptors (Lipinski definition) is 1. The molecule has 0 fully saturated rings. The van der Waals surface area contributed by atoms with Gasteiger partial charge in [-0.1, -0.05) is 34.3 Å². The van der Waals surface area contributed by atoms with Crippen LogP contribution in [0.5, 0.6) is 0 Å². The van der Waals surface area contributed by atoms with Crippen LogP contribution in [0.1, 0.15) is 34.6 Å². The van der Waals surface area contributed by atoms with Crippen molar-refractivity contribution in [3.05, 3.63) is 12.3 Å². The molecule has 0 aliphatic carbocycles. The van der Waals surface area contributed by atoms with Gasteiger partial charge in [0.25, 0.3) is 0 Å². The Morgan fingerprint density at radius 3 is 2.18 bits per heavy atom. The minimum atomic E-state index is 0.256. The molecule has 0 radical (unpaired) electrons. The highest BCUT2D eigenvalue weighted by atomic mass is 16.5. The molecule has 0 bridgehead atoms. The van der Waals surface area contributed by atoms with Crippen LogP contribution >= 0.6 is 0 Å². The zero-order chi connectivity index (χ0) is 9.07. The van der Waals surface area contributed by atoms with Gasteiger partial charge in [-0.15, -0.1) is 0 Å². The lowest BCUT2D eigenvalue weighted by atomic mass is 9.81. The van der Waals surface area contributed by atoms with E-state index in [0.29, 0.717) is 5.92 Å². The van der Waals surface area contributed by atoms with E-state index in [1.807, 2.05) is 6.92 Å². The van der Waals surface area contributed by atoms with E-state index in [2.05, 4.69) is 34.3 Å². The van der Waals surface area contributed by atoms with Crippen LogP contribution in [0.4, 0.5) is 0 Å². The molecule has 1 unspecified atom stereocenters. The summed E-state index contributed by atoms with van der Waals surface area (Å²) >= 11 is 0. The van der Waals surface area contributed by atoms with E-state index < -0.39 is 0 Å². The first-order chi connectivity index (χ1) is 4.89. The Hall–Kier alpha value is -0.460. The molecule has 0 rings (SSSR count). The summed E-state index contributed by atoms with van der Waals surface area (Å²) in [4.78, 5) is 0. The fraction of sp³-hybridized carbons (Fsp3) is 0.800. The molecule has 0 heterocycles. The van der Waals surface area contributed by atoms with E-state index in [4.69, 9.17) is 4.74 Å². The third-order valence-electron chi connectivity index (χ3n) is 2.11. The second-order valence-electron chi connectivity index (χ2n) is 3.99. The Labute approximate surface area is 70.4 Å². The number of ether oxygens (including phenoxy) is 1. The normalized spacial score (nSPS) is 14.3. The highest BCUT2D eigenvalue weighted by molar-refractivity contribution is 4.94. The van der Waals surface area contributed by atoms with Gasteiger partial charge in [-0.2, -0.15) is 0 Å². The summed E-state index contributed by atoms with van der Waals surface area (Å²) in [5, 5.41) is 0. The maximum Gasteiger partial charge on any atom is 0.0921 e. The van der Waals surface area contributed by atoms with Crippen molar-refractivity contribution < 1.29 is 4.74 Å². The lowest BCUT2D eigenvalue weighted by Crippen LogP contribution is -2.20. The highest BCUT2D eigenvalue weighted by Crippen LogP contribution is 2.30. The average Bonchev–Trinajstić information content (AvgIpc) is 1.85. The van der Waals surface area contributed by atoms with Crippen LogP contribution in [0.3, 0.4) is 0 Å². The number of hydrogen-bond donors (Lipinski definition) is 0. The third kappa shape index (κ3) is 3.45. The van der Waals surface area contributed by atoms with Gasteiger partial charge in [0.05, 0.1) is 12.4 Å². The molecule has 0 aromatic rings. The van der Waals surface area contributed by atoms with Crippen molar-refractivity contribution in [1.82, 2.24) is 0 Å². The lowest BCUT2D eigenvalue weighted by molar-refractivity contribution is 0.147. The Kier molecular flexibility index (Phi) is 3.64. The predicted octanol–water partition coefficient (Wildman–Crippen LogP) is 3.22. The van der Waals surface area contributed by atoms with E-state index in [9.17, 15) is 0 Å². The maximum absolute atomic E-state index is 5.34. The van der Waals surface area contributed by atoms with Crippen molar-refractivity contribution in [3.8, 4) is 0 Å². The van der Waals surface area contributed by atoms with Gasteiger partial charge in [0, 0.05) is 5.92 Å². The Morgan fingerprint density at radius 2 is 1.91 bits per heavy atom. The molecule has 0 amide bonds. The van der Waals surface area contributed by atoms with Crippen molar-refractivity contribution >= 4 is 0 Å². The summed E-state index contributed by atoms with van der Waals surface area (Å²) in [6.07, 6.45) is 0. The minimum absolute atomic E-state index is 0.256. The van der Waals surface area contributed by atoms with Gasteiger partial charge in [-0.05, 0) is 12.3 Å². The van der Waals surface area contributed by atoms with E-state index in [-0.39, 0.29) is 5.41 Å². The Balaban J connectivity index is 4.03. The third-order valence-corrected chi connectivity index (χ3v) is 2.11. The standard InChI is InChI=1S/C10H20O/c1-7-11-9(3)8(2)10(4,5)6/h8H,3,7H2,1-2,4-6H3. The fourth-order valence-corrected chi connectivity index (χ4v) is 0.793. The molecule has 1 atom stereocenters. The molecule has 0 saturated heterocycles. The first-order valence-electron chi connectivity index (χ1n) is 4.21. The van der Waals surface area contributed by atoms with Gasteiger partial charge in [0.2, 0.25) is 0 Å². The maximum atomic E-state index is 5.34. The molecule has 0 aromatic carbocycles. The summed E-state index contributed by atoms with van der Waals surface area (Å²) in [6, 6.07) is 0. The second-order valence-corrected chi connectivity index (χ2v) is 3.99. The summed E-state index contributed by atoms with van der Waals surface area (Å²) in [6.45, 7) is 15.3. The lowest BCUT2D eigenvalue weighted by Gasteiger charge is -2.28. The van der Waals surface area contributed by atoms with Gasteiger partial charge in [-0.3, -0.25) is 0 Å². The summed E-state index contributed by atoms with van der Waals surface area (Å²) in [5.74, 6) is 1.32. The van der Waals surface area contributed by atoms with E-state index in [1.165, 1.54) is 0 Å². The van der Waals surface area contributed by atoms with Crippen LogP contribution in [0, 0.1) is 11.3 Å². The van der Waals surface area contributed by atoms with Crippen molar-refractivity contribution in [2.24, 2.45) is 11.3 Å². The summed E-state index contributed by atoms with van der Waals surface area (Å²) in [7, 11) is 0. The molecule has 1 heteroatoms. The molecule has 0 N–H and O–H groups in total. The Bertz CT molecular complexity index is 130. The summed E-state index contributed by atoms with van der Waals surface area (Å²) < 4.78 is 5.34. The molecule has 0 aliphatic rings. The largest absolute Gasteiger partial charge is 0.499 e. The Morgan fingerprint density at radius 1 is 1.45 bits per heavy atom. The van der Waals surface area contributed by atoms with Gasteiger partial charge >= 0.3 is 0 Å². The molecule has 0 spiro atoms. The quantitative estimate of drug-likeness (QED) is 0.570. The topological polar surface area (TPSA) is 9.23 Å². The van der Waals surface area contributed by atoms with Crippen LogP contribution in [0.25, 0.3) is 0 Å². The molecular weight excluding hydrogens is 136 g/mol. The molecule has 11 heavy (non-hydrogen) atoms. The van der Waals surface area contributed by atoms with E-state index in [0.717, 1.165) is 12.4 Å². The number of rotatable bonds is 3. The summed E-state index contributed by atoms with van der Waals surface area (Å²) in [5.41, 5.74) is 0.256. The molecule has 0 aliphatic heterocycles. The minimum Gasteiger partial charge on any atom is -0.499 e. The second kappa shape index (κ2) is 3.80. The zero-order valence-corrected chi connectivity index (χ0v) is 8.40. The van der Waals surface area contributed by atoms with Crippen LogP contribution in [0.15, 0.2) is 12.3 Å². The fourth-order valence-electron chi connectivity index (χ4n) is 0.793. The van der Waals surface area contributed by atoms with Gasteiger partial charge in [-0.25, -0.2) is 0 Å². The van der Waals surface area contributed by atoms with Gasteiger partial charge in [0.1, 0.15) is 0 Å². The van der Waals surface area contributed by atoms with E-state index >= 15 is 0 Å². The molecule has 0 saturated carbocycles. The SMILES string of the molecule is C=C(OCC)C(C)C(C)(C)C. The first-order valence-corrected chi connectivity index (χ1v) is 4.21. The van der Waals surface area contributed by atoms with Gasteiger partial charge in [0.15, 0.2) is 0 Å². The molecule has 66 valence electrons. The average molecular weight is 156 g/mol. The van der Waals surface area contributed by atoms with Crippen LogP contribution in [0.2, 0.25) is 0 Å². The van der Waals surface area contributed by atoms with Crippen LogP contribution < -0.4 is 0 Å². The van der Waals surface area contributed by atoms with Crippen molar-refractivity contribution in [1.29, 1.82) is 0 Å². The van der Waals surface area contributed by atoms with Gasteiger partial charge < -0.3 is 4.74 Å². The molecular formula is C10H20O. The smallest absolute Gasteiger partial charge is 0.0921 e. The van der Waals surface area contributed by atoms with Crippen molar-refractivity contribution in [2.75, 3.05) is 6.61 Å². The van der Waals surface area contributed by atoms with Crippen LogP contribution in [-0.4, -0.2) is 6.61 Å². The zero-order valence-electron chi connectivity index (χ0n) is 8.40.